The van der Waals surface area contributed by atoms with E-state index in [-0.39, 0.29) is 9.79 Å². The van der Waals surface area contributed by atoms with Crippen molar-refractivity contribution in [2.24, 2.45) is 0 Å². The first-order valence-electron chi connectivity index (χ1n) is 8.75. The molecule has 0 aliphatic rings. The van der Waals surface area contributed by atoms with Crippen LogP contribution in [0, 0.1) is 11.6 Å². The van der Waals surface area contributed by atoms with Crippen LogP contribution < -0.4 is 0 Å². The highest BCUT2D eigenvalue weighted by Gasteiger charge is 2.06. The van der Waals surface area contributed by atoms with Crippen molar-refractivity contribution in [3.63, 3.8) is 0 Å². The first-order valence-corrected chi connectivity index (χ1v) is 12.2. The Morgan fingerprint density at radius 1 is 0.815 bits per heavy atom. The third-order valence-corrected chi connectivity index (χ3v) is 4.43. The summed E-state index contributed by atoms with van der Waals surface area (Å²) in [4.78, 5) is 0.278. The minimum atomic E-state index is -3.27. The van der Waals surface area contributed by atoms with Crippen LogP contribution in [0.25, 0.3) is 0 Å². The number of hydrogen-bond acceptors (Lipinski definition) is 3. The van der Waals surface area contributed by atoms with Gasteiger partial charge in [0.25, 0.3) is 0 Å². The third-order valence-electron chi connectivity index (χ3n) is 2.37. The summed E-state index contributed by atoms with van der Waals surface area (Å²) in [5, 5.41) is 0. The highest BCUT2D eigenvalue weighted by molar-refractivity contribution is 7.90. The smallest absolute Gasteiger partial charge is 0.175 e. The minimum absolute atomic E-state index is 0.0116. The summed E-state index contributed by atoms with van der Waals surface area (Å²) in [7, 11) is -4.48. The third kappa shape index (κ3) is 14.2. The molecule has 156 valence electrons. The zero-order chi connectivity index (χ0) is 22.0. The Labute approximate surface area is 166 Å². The molecular weight excluding hydrogens is 390 g/mol. The van der Waals surface area contributed by atoms with Gasteiger partial charge in [-0.2, -0.15) is 0 Å². The fraction of sp³-hybridized carbons (Fsp3) is 0.400. The maximum atomic E-state index is 12.6. The largest absolute Gasteiger partial charge is 0.255 e. The molecule has 2 aromatic rings. The van der Waals surface area contributed by atoms with Crippen molar-refractivity contribution in [1.82, 2.24) is 0 Å². The van der Waals surface area contributed by atoms with Crippen molar-refractivity contribution in [2.75, 3.05) is 12.5 Å². The number of benzene rings is 2. The minimum Gasteiger partial charge on any atom is -0.255 e. The van der Waals surface area contributed by atoms with Crippen LogP contribution >= 0.6 is 0 Å². The van der Waals surface area contributed by atoms with E-state index in [0.29, 0.717) is 0 Å². The lowest BCUT2D eigenvalue weighted by atomic mass is 10.4. The Morgan fingerprint density at radius 2 is 1.30 bits per heavy atom. The van der Waals surface area contributed by atoms with Gasteiger partial charge in [0.1, 0.15) is 11.6 Å². The van der Waals surface area contributed by atoms with E-state index in [2.05, 4.69) is 0 Å². The molecule has 0 aliphatic carbocycles. The number of hydrogen-bond donors (Lipinski definition) is 0. The van der Waals surface area contributed by atoms with Crippen LogP contribution in [0.3, 0.4) is 0 Å². The van der Waals surface area contributed by atoms with Gasteiger partial charge in [-0.05, 0) is 30.3 Å². The fourth-order valence-electron chi connectivity index (χ4n) is 1.38. The maximum absolute atomic E-state index is 12.6. The second-order valence-corrected chi connectivity index (χ2v) is 7.48. The molecule has 0 fully saturated rings. The molecule has 1 atom stereocenters. The fourth-order valence-corrected chi connectivity index (χ4v) is 2.64. The van der Waals surface area contributed by atoms with Crippen LogP contribution in [0.1, 0.15) is 41.5 Å². The summed E-state index contributed by atoms with van der Waals surface area (Å²) in [5.41, 5.74) is 0. The van der Waals surface area contributed by atoms with Gasteiger partial charge in [0, 0.05) is 12.5 Å². The van der Waals surface area contributed by atoms with Gasteiger partial charge in [-0.25, -0.2) is 17.2 Å². The van der Waals surface area contributed by atoms with Gasteiger partial charge in [0.15, 0.2) is 9.84 Å². The average molecular weight is 423 g/mol. The average Bonchev–Trinajstić information content (AvgIpc) is 2.67. The Morgan fingerprint density at radius 3 is 1.59 bits per heavy atom. The van der Waals surface area contributed by atoms with Crippen LogP contribution in [-0.2, 0) is 20.6 Å². The van der Waals surface area contributed by atoms with E-state index in [1.165, 1.54) is 36.6 Å². The van der Waals surface area contributed by atoms with Crippen LogP contribution in [-0.4, -0.2) is 25.1 Å². The van der Waals surface area contributed by atoms with E-state index in [4.69, 9.17) is 0 Å². The molecule has 0 heterocycles. The van der Waals surface area contributed by atoms with Crippen LogP contribution in [0.2, 0.25) is 0 Å². The molecule has 27 heavy (non-hydrogen) atoms. The van der Waals surface area contributed by atoms with Gasteiger partial charge in [0.2, 0.25) is 0 Å². The van der Waals surface area contributed by atoms with E-state index in [1.807, 2.05) is 41.5 Å². The van der Waals surface area contributed by atoms with Gasteiger partial charge in [-0.15, -0.1) is 0 Å². The van der Waals surface area contributed by atoms with Gasteiger partial charge in [-0.1, -0.05) is 59.7 Å². The first kappa shape index (κ1) is 30.1. The lowest BCUT2D eigenvalue weighted by molar-refractivity contribution is 0.595. The Balaban J connectivity index is -0.000000335. The van der Waals surface area contributed by atoms with E-state index in [0.717, 1.165) is 12.3 Å². The Kier molecular flexibility index (Phi) is 19.9. The molecule has 2 rings (SSSR count). The number of rotatable bonds is 2. The van der Waals surface area contributed by atoms with Crippen molar-refractivity contribution >= 4 is 20.6 Å². The molecule has 2 aromatic carbocycles. The van der Waals surface area contributed by atoms with Crippen LogP contribution in [0.4, 0.5) is 8.78 Å². The van der Waals surface area contributed by atoms with Gasteiger partial charge < -0.3 is 0 Å². The summed E-state index contributed by atoms with van der Waals surface area (Å²) in [6.45, 7) is 12.0. The molecule has 0 radical (unpaired) electrons. The number of sulfone groups is 1. The topological polar surface area (TPSA) is 51.2 Å². The van der Waals surface area contributed by atoms with Gasteiger partial charge >= 0.3 is 0 Å². The molecule has 1 unspecified atom stereocenters. The molecule has 0 saturated heterocycles. The van der Waals surface area contributed by atoms with Crippen molar-refractivity contribution < 1.29 is 21.4 Å². The first-order chi connectivity index (χ1) is 12.7. The van der Waals surface area contributed by atoms with Gasteiger partial charge in [0.05, 0.1) is 20.6 Å². The summed E-state index contributed by atoms with van der Waals surface area (Å²) in [5.74, 6) is -0.934. The van der Waals surface area contributed by atoms with E-state index in [9.17, 15) is 21.4 Å². The van der Waals surface area contributed by atoms with E-state index >= 15 is 0 Å². The summed E-state index contributed by atoms with van der Waals surface area (Å²) in [6, 6.07) is 11.0. The standard InChI is InChI=1S/C7H7FO2S.C7H7FOS.3C2H6/c1-11(9,10)7-4-2-3-6(8)5-7;1-10(9)7-5-3-2-4-6(7)8;3*1-2/h2-5H,1H3;2-5H,1H3;3*1-2H3. The molecule has 0 bridgehead atoms. The second-order valence-electron chi connectivity index (χ2n) is 4.11. The molecule has 0 N–H and O–H groups in total. The molecule has 0 aromatic heterocycles. The molecule has 7 heteroatoms. The number of halogens is 2. The Bertz CT molecular complexity index is 746. The monoisotopic (exact) mass is 422 g/mol. The normalized spacial score (nSPS) is 10.1. The van der Waals surface area contributed by atoms with Crippen molar-refractivity contribution in [2.45, 2.75) is 51.3 Å². The highest BCUT2D eigenvalue weighted by Crippen LogP contribution is 2.09. The van der Waals surface area contributed by atoms with Gasteiger partial charge in [-0.3, -0.25) is 4.21 Å². The zero-order valence-electron chi connectivity index (χ0n) is 17.4. The molecule has 0 aliphatic heterocycles. The van der Waals surface area contributed by atoms with E-state index in [1.54, 1.807) is 12.1 Å². The molecule has 3 nitrogen and oxygen atoms in total. The van der Waals surface area contributed by atoms with Crippen molar-refractivity contribution in [3.05, 3.63) is 60.2 Å². The quantitative estimate of drug-likeness (QED) is 0.608. The summed E-state index contributed by atoms with van der Waals surface area (Å²) in [6.07, 6.45) is 2.50. The summed E-state index contributed by atoms with van der Waals surface area (Å²) < 4.78 is 57.5. The zero-order valence-corrected chi connectivity index (χ0v) is 19.0. The van der Waals surface area contributed by atoms with Crippen molar-refractivity contribution in [3.8, 4) is 0 Å². The van der Waals surface area contributed by atoms with Crippen molar-refractivity contribution in [1.29, 1.82) is 0 Å². The highest BCUT2D eigenvalue weighted by atomic mass is 32.2. The predicted molar refractivity (Wildman–Crippen MR) is 112 cm³/mol. The predicted octanol–water partition coefficient (Wildman–Crippen LogP) is 5.87. The van der Waals surface area contributed by atoms with Crippen LogP contribution in [0.15, 0.2) is 58.3 Å². The van der Waals surface area contributed by atoms with E-state index < -0.39 is 32.3 Å². The molecule has 0 spiro atoms. The Hall–Kier alpha value is -1.60. The molecule has 0 saturated carbocycles. The maximum Gasteiger partial charge on any atom is 0.175 e. The molecular formula is C20H32F2O3S2. The SMILES string of the molecule is CC.CC.CC.CS(=O)(=O)c1cccc(F)c1.CS(=O)c1ccccc1F. The molecule has 0 amide bonds. The summed E-state index contributed by atoms with van der Waals surface area (Å²) >= 11 is 0. The lowest BCUT2D eigenvalue weighted by Gasteiger charge is -1.95. The van der Waals surface area contributed by atoms with Crippen LogP contribution in [0.5, 0.6) is 0 Å². The second kappa shape index (κ2) is 17.8. The lowest BCUT2D eigenvalue weighted by Crippen LogP contribution is -1.96.